The van der Waals surface area contributed by atoms with E-state index in [1.54, 1.807) is 18.1 Å². The number of fused-ring (bicyclic) bond motifs is 2. The summed E-state index contributed by atoms with van der Waals surface area (Å²) in [7, 11) is 1.59. The van der Waals surface area contributed by atoms with Gasteiger partial charge in [-0.1, -0.05) is 35.9 Å². The van der Waals surface area contributed by atoms with Crippen LogP contribution in [0.15, 0.2) is 36.4 Å². The maximum atomic E-state index is 12.5. The number of methoxy groups -OCH3 is 1. The molecule has 3 aromatic rings. The highest BCUT2D eigenvalue weighted by Gasteiger charge is 2.30. The minimum atomic E-state index is -0.506. The standard InChI is InChI=1S/C27H32ClN5O3.C4H9N.C2H3N/c1-27(2,3)36-26(34)32-15-13-31(14-16-32)24-19-11-12-33(17-21(19)29-25(30-24)35-4)22-10-6-8-18-7-5-9-20(28)23(18)22;1-2-4-5-3-1;1-2-3/h5-10H,11-17H2,1-4H3;5H,1-4H2;1H3. The SMILES string of the molecule is C1CCNC1.CC#N.COc1nc2c(c(N3CCN(C(=O)OC(C)(C)C)CC3)n1)CCN(c1cccc3cccc(Cl)c13)C2. The first-order valence-electron chi connectivity index (χ1n) is 15.3. The molecule has 4 heterocycles. The molecule has 236 valence electrons. The number of nitriles is 1. The summed E-state index contributed by atoms with van der Waals surface area (Å²) < 4.78 is 11.0. The van der Waals surface area contributed by atoms with Crippen LogP contribution in [0.2, 0.25) is 5.02 Å². The number of nitrogens with zero attached hydrogens (tertiary/aromatic N) is 6. The Balaban J connectivity index is 0.000000487. The Morgan fingerprint density at radius 1 is 1.00 bits per heavy atom. The quantitative estimate of drug-likeness (QED) is 0.388. The molecule has 0 spiro atoms. The molecular weight excluding hydrogens is 578 g/mol. The van der Waals surface area contributed by atoms with E-state index in [0.29, 0.717) is 38.7 Å². The van der Waals surface area contributed by atoms with Gasteiger partial charge in [-0.2, -0.15) is 15.2 Å². The van der Waals surface area contributed by atoms with Crippen molar-refractivity contribution in [1.29, 1.82) is 5.26 Å². The van der Waals surface area contributed by atoms with Crippen LogP contribution in [0.4, 0.5) is 16.3 Å². The van der Waals surface area contributed by atoms with Gasteiger partial charge in [-0.05, 0) is 70.6 Å². The van der Waals surface area contributed by atoms with Crippen molar-refractivity contribution in [3.63, 3.8) is 0 Å². The summed E-state index contributed by atoms with van der Waals surface area (Å²) in [6.07, 6.45) is 3.32. The fraction of sp³-hybridized carbons (Fsp3) is 0.515. The van der Waals surface area contributed by atoms with E-state index in [0.717, 1.165) is 51.5 Å². The van der Waals surface area contributed by atoms with Crippen molar-refractivity contribution in [2.75, 3.05) is 62.7 Å². The van der Waals surface area contributed by atoms with Crippen molar-refractivity contribution >= 4 is 40.0 Å². The Labute approximate surface area is 265 Å². The van der Waals surface area contributed by atoms with Crippen LogP contribution >= 0.6 is 11.6 Å². The molecule has 1 N–H and O–H groups in total. The molecule has 0 aliphatic carbocycles. The third-order valence-corrected chi connectivity index (χ3v) is 7.88. The minimum absolute atomic E-state index is 0.270. The van der Waals surface area contributed by atoms with Gasteiger partial charge < -0.3 is 29.5 Å². The molecule has 6 rings (SSSR count). The molecule has 1 amide bonds. The highest BCUT2D eigenvalue weighted by atomic mass is 35.5. The van der Waals surface area contributed by atoms with Crippen LogP contribution in [0.25, 0.3) is 10.8 Å². The summed E-state index contributed by atoms with van der Waals surface area (Å²) in [5, 5.41) is 13.5. The number of amides is 1. The molecule has 2 aromatic carbocycles. The number of hydrogen-bond acceptors (Lipinski definition) is 9. The monoisotopic (exact) mass is 621 g/mol. The summed E-state index contributed by atoms with van der Waals surface area (Å²) in [5.41, 5.74) is 2.70. The average molecular weight is 622 g/mol. The second-order valence-corrected chi connectivity index (χ2v) is 12.3. The summed E-state index contributed by atoms with van der Waals surface area (Å²) in [6, 6.07) is 14.4. The lowest BCUT2D eigenvalue weighted by atomic mass is 10.0. The predicted octanol–water partition coefficient (Wildman–Crippen LogP) is 5.81. The molecule has 1 aromatic heterocycles. The van der Waals surface area contributed by atoms with E-state index in [1.165, 1.54) is 32.9 Å². The van der Waals surface area contributed by atoms with Crippen LogP contribution in [0.5, 0.6) is 6.01 Å². The van der Waals surface area contributed by atoms with Crippen molar-refractivity contribution in [3.8, 4) is 12.1 Å². The molecule has 0 atom stereocenters. The zero-order valence-electron chi connectivity index (χ0n) is 26.5. The fourth-order valence-corrected chi connectivity index (χ4v) is 5.82. The van der Waals surface area contributed by atoms with E-state index < -0.39 is 5.60 Å². The van der Waals surface area contributed by atoms with E-state index in [9.17, 15) is 4.79 Å². The van der Waals surface area contributed by atoms with Gasteiger partial charge >= 0.3 is 12.1 Å². The number of ether oxygens (including phenoxy) is 2. The number of carbonyl (C=O) groups excluding carboxylic acids is 1. The van der Waals surface area contributed by atoms with E-state index in [-0.39, 0.29) is 6.09 Å². The number of hydrogen-bond donors (Lipinski definition) is 1. The Morgan fingerprint density at radius 2 is 1.66 bits per heavy atom. The molecular formula is C33H44ClN7O3. The van der Waals surface area contributed by atoms with Gasteiger partial charge in [0.2, 0.25) is 0 Å². The number of piperazine rings is 1. The van der Waals surface area contributed by atoms with Gasteiger partial charge in [0.25, 0.3) is 0 Å². The van der Waals surface area contributed by atoms with Gasteiger partial charge in [0.15, 0.2) is 0 Å². The largest absolute Gasteiger partial charge is 0.467 e. The lowest BCUT2D eigenvalue weighted by Gasteiger charge is -2.38. The van der Waals surface area contributed by atoms with Crippen molar-refractivity contribution in [2.45, 2.75) is 59.1 Å². The van der Waals surface area contributed by atoms with Crippen molar-refractivity contribution in [3.05, 3.63) is 52.7 Å². The maximum absolute atomic E-state index is 12.5. The Morgan fingerprint density at radius 3 is 2.25 bits per heavy atom. The smallest absolute Gasteiger partial charge is 0.410 e. The van der Waals surface area contributed by atoms with E-state index >= 15 is 0 Å². The van der Waals surface area contributed by atoms with E-state index in [1.807, 2.05) is 32.9 Å². The number of aromatic nitrogens is 2. The fourth-order valence-electron chi connectivity index (χ4n) is 5.54. The third-order valence-electron chi connectivity index (χ3n) is 7.57. The third kappa shape index (κ3) is 8.42. The average Bonchev–Trinajstić information content (AvgIpc) is 3.60. The molecule has 3 aliphatic rings. The molecule has 2 saturated heterocycles. The summed E-state index contributed by atoms with van der Waals surface area (Å²) in [6.45, 7) is 13.6. The number of rotatable bonds is 3. The molecule has 0 radical (unpaired) electrons. The lowest BCUT2D eigenvalue weighted by molar-refractivity contribution is 0.0240. The van der Waals surface area contributed by atoms with Gasteiger partial charge in [-0.15, -0.1) is 0 Å². The van der Waals surface area contributed by atoms with Crippen LogP contribution in [0.1, 0.15) is 51.8 Å². The van der Waals surface area contributed by atoms with Crippen molar-refractivity contribution in [1.82, 2.24) is 20.2 Å². The summed E-state index contributed by atoms with van der Waals surface area (Å²) >= 11 is 6.61. The van der Waals surface area contributed by atoms with Gasteiger partial charge in [0.05, 0.1) is 30.4 Å². The summed E-state index contributed by atoms with van der Waals surface area (Å²) in [4.78, 5) is 28.3. The van der Waals surface area contributed by atoms with Crippen LogP contribution in [-0.4, -0.2) is 79.5 Å². The first-order valence-corrected chi connectivity index (χ1v) is 15.6. The molecule has 11 heteroatoms. The molecule has 0 unspecified atom stereocenters. The van der Waals surface area contributed by atoms with Gasteiger partial charge in [-0.25, -0.2) is 4.79 Å². The highest BCUT2D eigenvalue weighted by molar-refractivity contribution is 6.36. The second-order valence-electron chi connectivity index (χ2n) is 11.9. The Bertz CT molecular complexity index is 1450. The summed E-state index contributed by atoms with van der Waals surface area (Å²) in [5.74, 6) is 0.899. The predicted molar refractivity (Wildman–Crippen MR) is 176 cm³/mol. The number of halogens is 1. The van der Waals surface area contributed by atoms with Crippen LogP contribution in [-0.2, 0) is 17.7 Å². The van der Waals surface area contributed by atoms with E-state index in [2.05, 4.69) is 39.4 Å². The topological polar surface area (TPSA) is 107 Å². The zero-order valence-corrected chi connectivity index (χ0v) is 27.3. The first-order chi connectivity index (χ1) is 21.1. The Hall–Kier alpha value is -3.81. The van der Waals surface area contributed by atoms with Gasteiger partial charge in [0, 0.05) is 56.3 Å². The van der Waals surface area contributed by atoms with Crippen LogP contribution in [0, 0.1) is 11.3 Å². The number of benzene rings is 2. The molecule has 3 aliphatic heterocycles. The minimum Gasteiger partial charge on any atom is -0.467 e. The molecule has 0 saturated carbocycles. The molecule has 44 heavy (non-hydrogen) atoms. The highest BCUT2D eigenvalue weighted by Crippen LogP contribution is 2.37. The van der Waals surface area contributed by atoms with Gasteiger partial charge in [-0.3, -0.25) is 0 Å². The number of anilines is 2. The molecule has 0 bridgehead atoms. The lowest BCUT2D eigenvalue weighted by Crippen LogP contribution is -2.50. The van der Waals surface area contributed by atoms with Gasteiger partial charge in [0.1, 0.15) is 11.4 Å². The van der Waals surface area contributed by atoms with Crippen molar-refractivity contribution in [2.24, 2.45) is 0 Å². The van der Waals surface area contributed by atoms with E-state index in [4.69, 9.17) is 36.3 Å². The van der Waals surface area contributed by atoms with Crippen LogP contribution in [0.3, 0.4) is 0 Å². The number of carbonyl (C=O) groups is 1. The molecule has 2 fully saturated rings. The number of nitrogens with one attached hydrogen (secondary N) is 1. The zero-order chi connectivity index (χ0) is 31.7. The molecule has 10 nitrogen and oxygen atoms in total. The Kier molecular flexibility index (Phi) is 11.5. The normalized spacial score (nSPS) is 16.2. The van der Waals surface area contributed by atoms with Crippen LogP contribution < -0.4 is 19.9 Å². The maximum Gasteiger partial charge on any atom is 0.410 e. The second kappa shape index (κ2) is 15.3. The van der Waals surface area contributed by atoms with Crippen molar-refractivity contribution < 1.29 is 14.3 Å². The first kappa shape index (κ1) is 33.1.